The maximum atomic E-state index is 6.18. The Balaban J connectivity index is 2.32. The Labute approximate surface area is 135 Å². The maximum Gasteiger partial charge on any atom is 0.0843 e. The van der Waals surface area contributed by atoms with E-state index >= 15 is 0 Å². The molecule has 0 amide bonds. The molecule has 6 heteroatoms. The zero-order valence-corrected chi connectivity index (χ0v) is 15.6. The molecule has 2 rings (SSSR count). The molecule has 0 bridgehead atoms. The normalized spacial score (nSPS) is 26.6. The molecule has 1 aliphatic heterocycles. The second-order valence-corrected chi connectivity index (χ2v) is 9.45. The SMILES string of the molecule is CC1(C)CC(C(NN)c2cc(Br)c(Br)s2)C(C)(C)O1. The monoisotopic (exact) mass is 410 g/mol. The highest BCUT2D eigenvalue weighted by molar-refractivity contribution is 9.13. The van der Waals surface area contributed by atoms with Gasteiger partial charge in [-0.15, -0.1) is 11.3 Å². The van der Waals surface area contributed by atoms with Gasteiger partial charge in [-0.25, -0.2) is 0 Å². The van der Waals surface area contributed by atoms with Crippen LogP contribution in [0.2, 0.25) is 0 Å². The molecule has 0 saturated carbocycles. The average molecular weight is 412 g/mol. The molecule has 1 aromatic heterocycles. The van der Waals surface area contributed by atoms with Crippen LogP contribution in [0.25, 0.3) is 0 Å². The fourth-order valence-corrected chi connectivity index (χ4v) is 5.25. The topological polar surface area (TPSA) is 47.3 Å². The van der Waals surface area contributed by atoms with Crippen molar-refractivity contribution < 1.29 is 4.74 Å². The zero-order valence-electron chi connectivity index (χ0n) is 11.6. The summed E-state index contributed by atoms with van der Waals surface area (Å²) < 4.78 is 8.34. The first-order chi connectivity index (χ1) is 8.66. The molecule has 19 heavy (non-hydrogen) atoms. The van der Waals surface area contributed by atoms with Crippen LogP contribution < -0.4 is 11.3 Å². The molecular formula is C13H20Br2N2OS. The molecule has 2 atom stereocenters. The molecule has 0 radical (unpaired) electrons. The van der Waals surface area contributed by atoms with Gasteiger partial charge in [0.1, 0.15) is 0 Å². The lowest BCUT2D eigenvalue weighted by Gasteiger charge is -2.32. The van der Waals surface area contributed by atoms with E-state index in [0.717, 1.165) is 14.7 Å². The third-order valence-electron chi connectivity index (χ3n) is 3.70. The van der Waals surface area contributed by atoms with Gasteiger partial charge in [-0.3, -0.25) is 11.3 Å². The number of hydrazine groups is 1. The first kappa shape index (κ1) is 15.9. The molecule has 3 nitrogen and oxygen atoms in total. The van der Waals surface area contributed by atoms with Crippen LogP contribution >= 0.6 is 43.2 Å². The van der Waals surface area contributed by atoms with E-state index in [4.69, 9.17) is 10.6 Å². The second-order valence-electron chi connectivity index (χ2n) is 6.19. The van der Waals surface area contributed by atoms with E-state index in [1.54, 1.807) is 11.3 Å². The fraction of sp³-hybridized carbons (Fsp3) is 0.692. The molecular weight excluding hydrogens is 392 g/mol. The van der Waals surface area contributed by atoms with Crippen LogP contribution in [0, 0.1) is 5.92 Å². The van der Waals surface area contributed by atoms with Crippen molar-refractivity contribution in [1.82, 2.24) is 5.43 Å². The Morgan fingerprint density at radius 1 is 1.42 bits per heavy atom. The van der Waals surface area contributed by atoms with Gasteiger partial charge in [0.05, 0.1) is 21.0 Å². The summed E-state index contributed by atoms with van der Waals surface area (Å²) in [6.45, 7) is 8.58. The van der Waals surface area contributed by atoms with Crippen LogP contribution in [0.4, 0.5) is 0 Å². The first-order valence-electron chi connectivity index (χ1n) is 6.27. The average Bonchev–Trinajstić information content (AvgIpc) is 2.66. The zero-order chi connectivity index (χ0) is 14.4. The number of thiophene rings is 1. The highest BCUT2D eigenvalue weighted by atomic mass is 79.9. The smallest absolute Gasteiger partial charge is 0.0843 e. The summed E-state index contributed by atoms with van der Waals surface area (Å²) in [5.41, 5.74) is 2.69. The lowest BCUT2D eigenvalue weighted by molar-refractivity contribution is -0.0777. The Hall–Kier alpha value is 0.540. The van der Waals surface area contributed by atoms with Gasteiger partial charge < -0.3 is 4.74 Å². The molecule has 2 heterocycles. The number of halogens is 2. The molecule has 108 valence electrons. The molecule has 0 spiro atoms. The highest BCUT2D eigenvalue weighted by Crippen LogP contribution is 2.49. The molecule has 1 saturated heterocycles. The maximum absolute atomic E-state index is 6.18. The predicted molar refractivity (Wildman–Crippen MR) is 87.1 cm³/mol. The van der Waals surface area contributed by atoms with Crippen molar-refractivity contribution in [3.63, 3.8) is 0 Å². The van der Waals surface area contributed by atoms with Crippen LogP contribution in [0.15, 0.2) is 14.3 Å². The Morgan fingerprint density at radius 2 is 2.05 bits per heavy atom. The summed E-state index contributed by atoms with van der Waals surface area (Å²) in [6, 6.07) is 2.23. The van der Waals surface area contributed by atoms with Crippen molar-refractivity contribution in [3.8, 4) is 0 Å². The molecule has 3 N–H and O–H groups in total. The van der Waals surface area contributed by atoms with E-state index in [-0.39, 0.29) is 17.2 Å². The van der Waals surface area contributed by atoms with E-state index in [2.05, 4.69) is 71.0 Å². The molecule has 2 unspecified atom stereocenters. The van der Waals surface area contributed by atoms with Crippen LogP contribution in [-0.2, 0) is 4.74 Å². The van der Waals surface area contributed by atoms with Crippen molar-refractivity contribution in [2.75, 3.05) is 0 Å². The molecule has 0 aliphatic carbocycles. The minimum atomic E-state index is -0.191. The van der Waals surface area contributed by atoms with E-state index in [9.17, 15) is 0 Å². The van der Waals surface area contributed by atoms with E-state index in [0.29, 0.717) is 5.92 Å². The van der Waals surface area contributed by atoms with Crippen molar-refractivity contribution in [2.45, 2.75) is 51.4 Å². The van der Waals surface area contributed by atoms with E-state index in [1.165, 1.54) is 4.88 Å². The second kappa shape index (κ2) is 5.39. The van der Waals surface area contributed by atoms with Gasteiger partial charge in [0.25, 0.3) is 0 Å². The molecule has 1 aromatic rings. The van der Waals surface area contributed by atoms with Crippen molar-refractivity contribution in [3.05, 3.63) is 19.2 Å². The van der Waals surface area contributed by atoms with Gasteiger partial charge in [-0.2, -0.15) is 0 Å². The van der Waals surface area contributed by atoms with Gasteiger partial charge in [0.2, 0.25) is 0 Å². The summed E-state index contributed by atoms with van der Waals surface area (Å²) in [7, 11) is 0. The number of nitrogens with two attached hydrogens (primary N) is 1. The Bertz CT molecular complexity index is 454. The third-order valence-corrected chi connectivity index (χ3v) is 7.04. The lowest BCUT2D eigenvalue weighted by Crippen LogP contribution is -2.40. The lowest BCUT2D eigenvalue weighted by atomic mass is 9.81. The van der Waals surface area contributed by atoms with Crippen molar-refractivity contribution in [1.29, 1.82) is 0 Å². The number of ether oxygens (including phenoxy) is 1. The molecule has 1 fully saturated rings. The first-order valence-corrected chi connectivity index (χ1v) is 8.67. The van der Waals surface area contributed by atoms with Crippen LogP contribution in [0.1, 0.15) is 45.0 Å². The van der Waals surface area contributed by atoms with E-state index < -0.39 is 0 Å². The quantitative estimate of drug-likeness (QED) is 0.573. The molecule has 1 aliphatic rings. The highest BCUT2D eigenvalue weighted by Gasteiger charge is 2.49. The Morgan fingerprint density at radius 3 is 2.42 bits per heavy atom. The number of hydrogen-bond acceptors (Lipinski definition) is 4. The standard InChI is InChI=1S/C13H20Br2N2OS/c1-12(2)6-7(13(3,4)18-12)10(17-16)9-5-8(14)11(15)19-9/h5,7,10,17H,6,16H2,1-4H3. The van der Waals surface area contributed by atoms with Gasteiger partial charge in [0, 0.05) is 15.3 Å². The largest absolute Gasteiger partial charge is 0.369 e. The van der Waals surface area contributed by atoms with Crippen LogP contribution in [0.5, 0.6) is 0 Å². The Kier molecular flexibility index (Phi) is 4.51. The fourth-order valence-electron chi connectivity index (χ4n) is 3.04. The minimum Gasteiger partial charge on any atom is -0.369 e. The van der Waals surface area contributed by atoms with E-state index in [1.807, 2.05) is 0 Å². The number of hydrogen-bond donors (Lipinski definition) is 2. The minimum absolute atomic E-state index is 0.101. The number of rotatable bonds is 3. The summed E-state index contributed by atoms with van der Waals surface area (Å²) in [6.07, 6.45) is 0.988. The van der Waals surface area contributed by atoms with Crippen LogP contribution in [-0.4, -0.2) is 11.2 Å². The summed E-state index contributed by atoms with van der Waals surface area (Å²) >= 11 is 8.79. The van der Waals surface area contributed by atoms with Crippen molar-refractivity contribution >= 4 is 43.2 Å². The van der Waals surface area contributed by atoms with Gasteiger partial charge >= 0.3 is 0 Å². The summed E-state index contributed by atoms with van der Waals surface area (Å²) in [5, 5.41) is 0. The third kappa shape index (κ3) is 3.24. The molecule has 0 aromatic carbocycles. The number of nitrogens with one attached hydrogen (secondary N) is 1. The summed E-state index contributed by atoms with van der Waals surface area (Å²) in [5.74, 6) is 6.16. The van der Waals surface area contributed by atoms with Crippen LogP contribution in [0.3, 0.4) is 0 Å². The van der Waals surface area contributed by atoms with Crippen molar-refractivity contribution in [2.24, 2.45) is 11.8 Å². The summed E-state index contributed by atoms with van der Waals surface area (Å²) in [4.78, 5) is 1.22. The van der Waals surface area contributed by atoms with Gasteiger partial charge in [0.15, 0.2) is 0 Å². The van der Waals surface area contributed by atoms with Gasteiger partial charge in [-0.05, 0) is 72.0 Å². The van der Waals surface area contributed by atoms with Gasteiger partial charge in [-0.1, -0.05) is 0 Å². The predicted octanol–water partition coefficient (Wildman–Crippen LogP) is 4.37.